The number of carbonyl (C=O) groups is 1. The Balaban J connectivity index is 2.08. The van der Waals surface area contributed by atoms with E-state index in [1.54, 1.807) is 0 Å². The van der Waals surface area contributed by atoms with Gasteiger partial charge in [-0.05, 0) is 25.1 Å². The fourth-order valence-electron chi connectivity index (χ4n) is 2.47. The van der Waals surface area contributed by atoms with E-state index in [1.165, 1.54) is 0 Å². The first-order chi connectivity index (χ1) is 9.56. The zero-order valence-corrected chi connectivity index (χ0v) is 12.7. The van der Waals surface area contributed by atoms with Gasteiger partial charge < -0.3 is 15.1 Å². The van der Waals surface area contributed by atoms with Gasteiger partial charge in [0, 0.05) is 32.6 Å². The highest BCUT2D eigenvalue weighted by atomic mass is 16.1. The van der Waals surface area contributed by atoms with E-state index in [4.69, 9.17) is 0 Å². The van der Waals surface area contributed by atoms with Gasteiger partial charge in [-0.1, -0.05) is 26.0 Å². The fraction of sp³-hybridized carbons (Fsp3) is 0.562. The Morgan fingerprint density at radius 2 is 1.85 bits per heavy atom. The molecule has 1 N–H and O–H groups in total. The van der Waals surface area contributed by atoms with Gasteiger partial charge in [-0.25, -0.2) is 0 Å². The van der Waals surface area contributed by atoms with Crippen molar-refractivity contribution >= 4 is 17.3 Å². The molecule has 2 rings (SSSR count). The first kappa shape index (κ1) is 14.9. The summed E-state index contributed by atoms with van der Waals surface area (Å²) < 4.78 is 0. The predicted molar refractivity (Wildman–Crippen MR) is 84.2 cm³/mol. The maximum absolute atomic E-state index is 12.0. The molecule has 1 fully saturated rings. The second-order valence-corrected chi connectivity index (χ2v) is 5.95. The Labute approximate surface area is 121 Å². The Hall–Kier alpha value is -1.55. The van der Waals surface area contributed by atoms with E-state index in [2.05, 4.69) is 42.1 Å². The van der Waals surface area contributed by atoms with Crippen LogP contribution in [0.3, 0.4) is 0 Å². The third kappa shape index (κ3) is 3.97. The van der Waals surface area contributed by atoms with Crippen LogP contribution < -0.4 is 10.2 Å². The maximum atomic E-state index is 12.0. The van der Waals surface area contributed by atoms with Crippen LogP contribution in [0.25, 0.3) is 0 Å². The van der Waals surface area contributed by atoms with Gasteiger partial charge in [0.2, 0.25) is 5.91 Å². The highest BCUT2D eigenvalue weighted by Gasteiger charge is 2.17. The van der Waals surface area contributed by atoms with Crippen molar-refractivity contribution in [2.75, 3.05) is 43.4 Å². The number of nitrogens with zero attached hydrogens (tertiary/aromatic N) is 2. The lowest BCUT2D eigenvalue weighted by Gasteiger charge is -2.35. The summed E-state index contributed by atoms with van der Waals surface area (Å²) >= 11 is 0. The second kappa shape index (κ2) is 6.75. The average molecular weight is 275 g/mol. The first-order valence-corrected chi connectivity index (χ1v) is 7.38. The molecule has 110 valence electrons. The Bertz CT molecular complexity index is 451. The lowest BCUT2D eigenvalue weighted by atomic mass is 10.1. The number of piperazine rings is 1. The molecule has 0 bridgehead atoms. The van der Waals surface area contributed by atoms with Crippen molar-refractivity contribution in [1.29, 1.82) is 0 Å². The minimum Gasteiger partial charge on any atom is -0.367 e. The number of carbonyl (C=O) groups excluding carboxylic acids is 1. The molecule has 0 atom stereocenters. The molecule has 0 spiro atoms. The molecule has 1 aromatic rings. The SMILES string of the molecule is CC(C)CC(=O)Nc1ccccc1N1CCN(C)CC1. The Morgan fingerprint density at radius 3 is 2.50 bits per heavy atom. The number of hydrogen-bond acceptors (Lipinski definition) is 3. The number of hydrogen-bond donors (Lipinski definition) is 1. The summed E-state index contributed by atoms with van der Waals surface area (Å²) in [6, 6.07) is 8.10. The number of rotatable bonds is 4. The van der Waals surface area contributed by atoms with Crippen LogP contribution in [0.1, 0.15) is 20.3 Å². The standard InChI is InChI=1S/C16H25N3O/c1-13(2)12-16(20)17-14-6-4-5-7-15(14)19-10-8-18(3)9-11-19/h4-7,13H,8-12H2,1-3H3,(H,17,20). The van der Waals surface area contributed by atoms with E-state index in [1.807, 2.05) is 18.2 Å². The van der Waals surface area contributed by atoms with Gasteiger partial charge in [0.1, 0.15) is 0 Å². The van der Waals surface area contributed by atoms with Crippen molar-refractivity contribution in [3.8, 4) is 0 Å². The molecule has 1 amide bonds. The van der Waals surface area contributed by atoms with Gasteiger partial charge in [0.25, 0.3) is 0 Å². The Morgan fingerprint density at radius 1 is 1.20 bits per heavy atom. The summed E-state index contributed by atoms with van der Waals surface area (Å²) in [7, 11) is 2.15. The molecular formula is C16H25N3O. The summed E-state index contributed by atoms with van der Waals surface area (Å²) in [6.07, 6.45) is 0.567. The topological polar surface area (TPSA) is 35.6 Å². The molecule has 20 heavy (non-hydrogen) atoms. The van der Waals surface area contributed by atoms with E-state index in [-0.39, 0.29) is 5.91 Å². The summed E-state index contributed by atoms with van der Waals surface area (Å²) in [5, 5.41) is 3.06. The summed E-state index contributed by atoms with van der Waals surface area (Å²) in [5.41, 5.74) is 2.07. The molecule has 0 radical (unpaired) electrons. The molecule has 0 saturated carbocycles. The third-order valence-electron chi connectivity index (χ3n) is 3.62. The van der Waals surface area contributed by atoms with Crippen molar-refractivity contribution < 1.29 is 4.79 Å². The Kier molecular flexibility index (Phi) is 5.01. The number of nitrogens with one attached hydrogen (secondary N) is 1. The minimum atomic E-state index is 0.0987. The van der Waals surface area contributed by atoms with Crippen molar-refractivity contribution in [2.24, 2.45) is 5.92 Å². The quantitative estimate of drug-likeness (QED) is 0.916. The molecule has 1 heterocycles. The van der Waals surface area contributed by atoms with Gasteiger partial charge in [0.05, 0.1) is 11.4 Å². The molecule has 1 aliphatic rings. The minimum absolute atomic E-state index is 0.0987. The van der Waals surface area contributed by atoms with Crippen molar-refractivity contribution in [3.05, 3.63) is 24.3 Å². The lowest BCUT2D eigenvalue weighted by molar-refractivity contribution is -0.116. The lowest BCUT2D eigenvalue weighted by Crippen LogP contribution is -2.44. The number of anilines is 2. The average Bonchev–Trinajstić information content (AvgIpc) is 2.39. The molecule has 4 nitrogen and oxygen atoms in total. The van der Waals surface area contributed by atoms with Gasteiger partial charge in [-0.15, -0.1) is 0 Å². The molecule has 1 saturated heterocycles. The van der Waals surface area contributed by atoms with Crippen LogP contribution in [0.5, 0.6) is 0 Å². The zero-order valence-electron chi connectivity index (χ0n) is 12.7. The number of para-hydroxylation sites is 2. The van der Waals surface area contributed by atoms with Crippen LogP contribution in [-0.4, -0.2) is 44.0 Å². The molecular weight excluding hydrogens is 250 g/mol. The number of benzene rings is 1. The molecule has 1 aromatic carbocycles. The number of likely N-dealkylation sites (N-methyl/N-ethyl adjacent to an activating group) is 1. The van der Waals surface area contributed by atoms with Crippen LogP contribution in [0.2, 0.25) is 0 Å². The van der Waals surface area contributed by atoms with Crippen LogP contribution in [0, 0.1) is 5.92 Å². The molecule has 0 aliphatic carbocycles. The van der Waals surface area contributed by atoms with Crippen LogP contribution in [-0.2, 0) is 4.79 Å². The molecule has 0 unspecified atom stereocenters. The normalized spacial score (nSPS) is 16.5. The molecule has 4 heteroatoms. The molecule has 1 aliphatic heterocycles. The maximum Gasteiger partial charge on any atom is 0.224 e. The summed E-state index contributed by atoms with van der Waals surface area (Å²) in [6.45, 7) is 8.27. The summed E-state index contributed by atoms with van der Waals surface area (Å²) in [5.74, 6) is 0.479. The van der Waals surface area contributed by atoms with Gasteiger partial charge in [-0.2, -0.15) is 0 Å². The monoisotopic (exact) mass is 275 g/mol. The zero-order chi connectivity index (χ0) is 14.5. The smallest absolute Gasteiger partial charge is 0.224 e. The van der Waals surface area contributed by atoms with Crippen molar-refractivity contribution in [2.45, 2.75) is 20.3 Å². The second-order valence-electron chi connectivity index (χ2n) is 5.95. The largest absolute Gasteiger partial charge is 0.367 e. The first-order valence-electron chi connectivity index (χ1n) is 7.38. The highest BCUT2D eigenvalue weighted by Crippen LogP contribution is 2.26. The van der Waals surface area contributed by atoms with E-state index in [0.717, 1.165) is 37.6 Å². The fourth-order valence-corrected chi connectivity index (χ4v) is 2.47. The van der Waals surface area contributed by atoms with E-state index in [0.29, 0.717) is 12.3 Å². The highest BCUT2D eigenvalue weighted by molar-refractivity contribution is 5.94. The van der Waals surface area contributed by atoms with Crippen molar-refractivity contribution in [3.63, 3.8) is 0 Å². The number of amides is 1. The third-order valence-corrected chi connectivity index (χ3v) is 3.62. The molecule has 0 aromatic heterocycles. The van der Waals surface area contributed by atoms with Crippen LogP contribution in [0.15, 0.2) is 24.3 Å². The van der Waals surface area contributed by atoms with E-state index in [9.17, 15) is 4.79 Å². The van der Waals surface area contributed by atoms with E-state index >= 15 is 0 Å². The van der Waals surface area contributed by atoms with E-state index < -0.39 is 0 Å². The van der Waals surface area contributed by atoms with Crippen molar-refractivity contribution in [1.82, 2.24) is 4.90 Å². The van der Waals surface area contributed by atoms with Gasteiger partial charge in [-0.3, -0.25) is 4.79 Å². The summed E-state index contributed by atoms with van der Waals surface area (Å²) in [4.78, 5) is 16.7. The van der Waals surface area contributed by atoms with Crippen LogP contribution in [0.4, 0.5) is 11.4 Å². The van der Waals surface area contributed by atoms with Gasteiger partial charge in [0.15, 0.2) is 0 Å². The van der Waals surface area contributed by atoms with Gasteiger partial charge >= 0.3 is 0 Å². The van der Waals surface area contributed by atoms with Crippen LogP contribution >= 0.6 is 0 Å². The predicted octanol–water partition coefficient (Wildman–Crippen LogP) is 2.42.